The number of amides is 1. The minimum absolute atomic E-state index is 0.0684. The molecule has 3 rings (SSSR count). The smallest absolute Gasteiger partial charge is 0.238 e. The Morgan fingerprint density at radius 1 is 1.19 bits per heavy atom. The Morgan fingerprint density at radius 3 is 2.67 bits per heavy atom. The van der Waals surface area contributed by atoms with Crippen LogP contribution in [0, 0.1) is 0 Å². The average Bonchev–Trinajstić information content (AvgIpc) is 2.67. The van der Waals surface area contributed by atoms with Crippen molar-refractivity contribution in [2.24, 2.45) is 0 Å². The maximum Gasteiger partial charge on any atom is 0.238 e. The van der Waals surface area contributed by atoms with Crippen molar-refractivity contribution in [3.63, 3.8) is 0 Å². The van der Waals surface area contributed by atoms with E-state index in [1.807, 2.05) is 37.3 Å². The van der Waals surface area contributed by atoms with Crippen LogP contribution in [0.25, 0.3) is 0 Å². The summed E-state index contributed by atoms with van der Waals surface area (Å²) in [6.07, 6.45) is 0. The number of ether oxygens (including phenoxy) is 3. The highest BCUT2D eigenvalue weighted by Gasteiger charge is 2.14. The van der Waals surface area contributed by atoms with E-state index in [-0.39, 0.29) is 5.91 Å². The molecule has 1 aliphatic heterocycles. The third-order valence-electron chi connectivity index (χ3n) is 4.26. The molecule has 0 bridgehead atoms. The molecule has 0 radical (unpaired) electrons. The molecule has 27 heavy (non-hydrogen) atoms. The van der Waals surface area contributed by atoms with E-state index in [1.165, 1.54) is 0 Å². The van der Waals surface area contributed by atoms with Crippen molar-refractivity contribution < 1.29 is 19.0 Å². The second kappa shape index (κ2) is 9.10. The third-order valence-corrected chi connectivity index (χ3v) is 4.88. The highest BCUT2D eigenvalue weighted by molar-refractivity contribution is 9.10. The maximum absolute atomic E-state index is 12.5. The zero-order chi connectivity index (χ0) is 19.2. The third kappa shape index (κ3) is 5.14. The summed E-state index contributed by atoms with van der Waals surface area (Å²) in [5, 5.41) is 2.93. The van der Waals surface area contributed by atoms with E-state index < -0.39 is 0 Å². The van der Waals surface area contributed by atoms with Crippen molar-refractivity contribution >= 4 is 27.5 Å². The molecule has 0 spiro atoms. The zero-order valence-corrected chi connectivity index (χ0v) is 17.0. The molecule has 2 aromatic rings. The molecule has 1 N–H and O–H groups in total. The normalized spacial score (nSPS) is 12.7. The molecule has 1 amide bonds. The molecule has 0 atom stereocenters. The fraction of sp³-hybridized carbons (Fsp3) is 0.350. The summed E-state index contributed by atoms with van der Waals surface area (Å²) < 4.78 is 17.2. The largest absolute Gasteiger partial charge is 0.496 e. The topological polar surface area (TPSA) is 60.0 Å². The summed E-state index contributed by atoms with van der Waals surface area (Å²) in [6, 6.07) is 11.4. The lowest BCUT2D eigenvalue weighted by atomic mass is 10.2. The number of benzene rings is 2. The first-order chi connectivity index (χ1) is 13.1. The number of methoxy groups -OCH3 is 1. The van der Waals surface area contributed by atoms with Crippen molar-refractivity contribution in [2.45, 2.75) is 13.5 Å². The highest BCUT2D eigenvalue weighted by Crippen LogP contribution is 2.32. The van der Waals surface area contributed by atoms with Crippen LogP contribution < -0.4 is 19.5 Å². The Kier molecular flexibility index (Phi) is 6.58. The van der Waals surface area contributed by atoms with Gasteiger partial charge in [-0.05, 0) is 52.3 Å². The van der Waals surface area contributed by atoms with Gasteiger partial charge < -0.3 is 19.5 Å². The molecule has 0 saturated heterocycles. The first-order valence-corrected chi connectivity index (χ1v) is 9.62. The van der Waals surface area contributed by atoms with Crippen LogP contribution in [0.15, 0.2) is 40.9 Å². The van der Waals surface area contributed by atoms with Gasteiger partial charge in [-0.15, -0.1) is 0 Å². The fourth-order valence-electron chi connectivity index (χ4n) is 2.87. The number of nitrogens with zero attached hydrogens (tertiary/aromatic N) is 1. The number of likely N-dealkylation sites (N-methyl/N-ethyl adjacent to an activating group) is 1. The number of anilines is 1. The number of hydrogen-bond donors (Lipinski definition) is 1. The summed E-state index contributed by atoms with van der Waals surface area (Å²) in [5.41, 5.74) is 1.81. The van der Waals surface area contributed by atoms with Crippen molar-refractivity contribution in [3.05, 3.63) is 46.4 Å². The SMILES string of the molecule is CCN(CC(=O)Nc1ccc2c(c1)OCCO2)Cc1ccc(OC)c(Br)c1. The Bertz CT molecular complexity index is 813. The predicted molar refractivity (Wildman–Crippen MR) is 108 cm³/mol. The second-order valence-electron chi connectivity index (χ2n) is 6.18. The molecule has 2 aromatic carbocycles. The van der Waals surface area contributed by atoms with Gasteiger partial charge in [0, 0.05) is 18.3 Å². The molecule has 144 valence electrons. The van der Waals surface area contributed by atoms with Crippen LogP contribution in [0.1, 0.15) is 12.5 Å². The summed E-state index contributed by atoms with van der Waals surface area (Å²) in [6.45, 7) is 4.84. The number of halogens is 1. The van der Waals surface area contributed by atoms with E-state index in [0.717, 1.165) is 22.3 Å². The molecule has 6 nitrogen and oxygen atoms in total. The molecular weight excluding hydrogens is 412 g/mol. The number of fused-ring (bicyclic) bond motifs is 1. The molecule has 1 aliphatic rings. The van der Waals surface area contributed by atoms with Gasteiger partial charge in [0.2, 0.25) is 5.91 Å². The molecule has 0 aromatic heterocycles. The van der Waals surface area contributed by atoms with E-state index in [1.54, 1.807) is 13.2 Å². The van der Waals surface area contributed by atoms with E-state index in [9.17, 15) is 4.79 Å². The van der Waals surface area contributed by atoms with Crippen LogP contribution >= 0.6 is 15.9 Å². The fourth-order valence-corrected chi connectivity index (χ4v) is 3.46. The lowest BCUT2D eigenvalue weighted by molar-refractivity contribution is -0.117. The van der Waals surface area contributed by atoms with E-state index in [0.29, 0.717) is 43.5 Å². The monoisotopic (exact) mass is 434 g/mol. The van der Waals surface area contributed by atoms with Gasteiger partial charge in [-0.25, -0.2) is 0 Å². The molecule has 0 aliphatic carbocycles. The van der Waals surface area contributed by atoms with Gasteiger partial charge in [0.1, 0.15) is 19.0 Å². The van der Waals surface area contributed by atoms with Gasteiger partial charge in [0.25, 0.3) is 0 Å². The van der Waals surface area contributed by atoms with Crippen molar-refractivity contribution in [2.75, 3.05) is 38.7 Å². The molecular formula is C20H23BrN2O4. The van der Waals surface area contributed by atoms with Crippen LogP contribution in [0.4, 0.5) is 5.69 Å². The summed E-state index contributed by atoms with van der Waals surface area (Å²) in [5.74, 6) is 2.09. The second-order valence-corrected chi connectivity index (χ2v) is 7.03. The van der Waals surface area contributed by atoms with E-state index >= 15 is 0 Å². The van der Waals surface area contributed by atoms with E-state index in [2.05, 4.69) is 26.1 Å². The van der Waals surface area contributed by atoms with Crippen molar-refractivity contribution in [3.8, 4) is 17.2 Å². The van der Waals surface area contributed by atoms with Crippen LogP contribution in [0.3, 0.4) is 0 Å². The Balaban J connectivity index is 1.59. The molecule has 7 heteroatoms. The Labute approximate surface area is 167 Å². The minimum Gasteiger partial charge on any atom is -0.496 e. The summed E-state index contributed by atoms with van der Waals surface area (Å²) >= 11 is 3.50. The standard InChI is InChI=1S/C20H23BrN2O4/c1-3-23(12-14-4-6-17(25-2)16(21)10-14)13-20(24)22-15-5-7-18-19(11-15)27-9-8-26-18/h4-7,10-11H,3,8-9,12-13H2,1-2H3,(H,22,24). The van der Waals surface area contributed by atoms with Gasteiger partial charge in [-0.3, -0.25) is 9.69 Å². The molecule has 1 heterocycles. The number of carbonyl (C=O) groups is 1. The quantitative estimate of drug-likeness (QED) is 0.719. The van der Waals surface area contributed by atoms with Gasteiger partial charge in [0.05, 0.1) is 18.1 Å². The number of rotatable bonds is 7. The van der Waals surface area contributed by atoms with Gasteiger partial charge >= 0.3 is 0 Å². The Hall–Kier alpha value is -2.25. The molecule has 0 fully saturated rings. The highest BCUT2D eigenvalue weighted by atomic mass is 79.9. The van der Waals surface area contributed by atoms with E-state index in [4.69, 9.17) is 14.2 Å². The first kappa shape index (κ1) is 19.5. The average molecular weight is 435 g/mol. The van der Waals surface area contributed by atoms with Crippen molar-refractivity contribution in [1.82, 2.24) is 4.90 Å². The maximum atomic E-state index is 12.5. The van der Waals surface area contributed by atoms with Crippen LogP contribution in [0.5, 0.6) is 17.2 Å². The number of nitrogens with one attached hydrogen (secondary N) is 1. The van der Waals surface area contributed by atoms with Gasteiger partial charge in [-0.1, -0.05) is 13.0 Å². The van der Waals surface area contributed by atoms with Crippen LogP contribution in [0.2, 0.25) is 0 Å². The van der Waals surface area contributed by atoms with Crippen molar-refractivity contribution in [1.29, 1.82) is 0 Å². The lowest BCUT2D eigenvalue weighted by Crippen LogP contribution is -2.32. The van der Waals surface area contributed by atoms with Crippen LogP contribution in [-0.4, -0.2) is 44.2 Å². The molecule has 0 saturated carbocycles. The number of hydrogen-bond acceptors (Lipinski definition) is 5. The summed E-state index contributed by atoms with van der Waals surface area (Å²) in [7, 11) is 1.64. The zero-order valence-electron chi connectivity index (χ0n) is 15.5. The summed E-state index contributed by atoms with van der Waals surface area (Å²) in [4.78, 5) is 14.5. The number of carbonyl (C=O) groups excluding carboxylic acids is 1. The predicted octanol–water partition coefficient (Wildman–Crippen LogP) is 3.69. The lowest BCUT2D eigenvalue weighted by Gasteiger charge is -2.21. The van der Waals surface area contributed by atoms with Gasteiger partial charge in [-0.2, -0.15) is 0 Å². The first-order valence-electron chi connectivity index (χ1n) is 8.83. The molecule has 0 unspecified atom stereocenters. The Morgan fingerprint density at radius 2 is 1.96 bits per heavy atom. The van der Waals surface area contributed by atoms with Gasteiger partial charge in [0.15, 0.2) is 11.5 Å². The minimum atomic E-state index is -0.0684. The van der Waals surface area contributed by atoms with Crippen LogP contribution in [-0.2, 0) is 11.3 Å².